The van der Waals surface area contributed by atoms with E-state index in [1.807, 2.05) is 47.9 Å². The maximum Gasteiger partial charge on any atom is 0.168 e. The molecule has 0 bridgehead atoms. The van der Waals surface area contributed by atoms with Crippen LogP contribution >= 0.6 is 15.9 Å². The standard InChI is InChI=1S/C13H11BrN4/c1-8-6-10(15)3-4-11(8)13-17-16-12-5-2-9(14)7-18(12)13/h2-7H,15H2,1H3. The third kappa shape index (κ3) is 1.76. The van der Waals surface area contributed by atoms with E-state index in [0.717, 1.165) is 32.8 Å². The summed E-state index contributed by atoms with van der Waals surface area (Å²) in [4.78, 5) is 0. The van der Waals surface area contributed by atoms with Gasteiger partial charge in [0.2, 0.25) is 0 Å². The van der Waals surface area contributed by atoms with Crippen LogP contribution in [0.4, 0.5) is 5.69 Å². The number of anilines is 1. The fourth-order valence-electron chi connectivity index (χ4n) is 1.99. The summed E-state index contributed by atoms with van der Waals surface area (Å²) in [6.07, 6.45) is 1.96. The summed E-state index contributed by atoms with van der Waals surface area (Å²) in [6.45, 7) is 2.02. The maximum absolute atomic E-state index is 5.77. The van der Waals surface area contributed by atoms with Crippen molar-refractivity contribution in [2.24, 2.45) is 0 Å². The van der Waals surface area contributed by atoms with Crippen molar-refractivity contribution in [1.29, 1.82) is 0 Å². The van der Waals surface area contributed by atoms with Crippen molar-refractivity contribution in [1.82, 2.24) is 14.6 Å². The maximum atomic E-state index is 5.77. The molecular weight excluding hydrogens is 292 g/mol. The summed E-state index contributed by atoms with van der Waals surface area (Å²) in [7, 11) is 0. The van der Waals surface area contributed by atoms with E-state index >= 15 is 0 Å². The Morgan fingerprint density at radius 3 is 2.78 bits per heavy atom. The van der Waals surface area contributed by atoms with Gasteiger partial charge in [-0.15, -0.1) is 10.2 Å². The van der Waals surface area contributed by atoms with Gasteiger partial charge >= 0.3 is 0 Å². The molecule has 0 spiro atoms. The molecule has 0 saturated heterocycles. The number of aromatic nitrogens is 3. The van der Waals surface area contributed by atoms with Gasteiger partial charge in [0.15, 0.2) is 11.5 Å². The minimum absolute atomic E-state index is 0.756. The number of pyridine rings is 1. The largest absolute Gasteiger partial charge is 0.399 e. The quantitative estimate of drug-likeness (QED) is 0.703. The van der Waals surface area contributed by atoms with Gasteiger partial charge in [-0.2, -0.15) is 0 Å². The van der Waals surface area contributed by atoms with Gasteiger partial charge in [0.25, 0.3) is 0 Å². The van der Waals surface area contributed by atoms with Gasteiger partial charge in [0, 0.05) is 21.9 Å². The number of halogens is 1. The molecule has 0 radical (unpaired) electrons. The van der Waals surface area contributed by atoms with E-state index in [1.54, 1.807) is 0 Å². The third-order valence-corrected chi connectivity index (χ3v) is 3.33. The number of nitrogens with zero attached hydrogens (tertiary/aromatic N) is 3. The lowest BCUT2D eigenvalue weighted by atomic mass is 10.1. The molecule has 1 aromatic carbocycles. The minimum atomic E-state index is 0.756. The number of hydrogen-bond donors (Lipinski definition) is 1. The van der Waals surface area contributed by atoms with Gasteiger partial charge in [0.1, 0.15) is 0 Å². The molecule has 2 heterocycles. The smallest absolute Gasteiger partial charge is 0.168 e. The highest BCUT2D eigenvalue weighted by molar-refractivity contribution is 9.10. The number of hydrogen-bond acceptors (Lipinski definition) is 3. The second-order valence-electron chi connectivity index (χ2n) is 4.17. The molecule has 3 aromatic rings. The summed E-state index contributed by atoms with van der Waals surface area (Å²) >= 11 is 3.46. The normalized spacial score (nSPS) is 11.0. The van der Waals surface area contributed by atoms with Crippen molar-refractivity contribution in [3.05, 3.63) is 46.6 Å². The van der Waals surface area contributed by atoms with E-state index in [9.17, 15) is 0 Å². The highest BCUT2D eigenvalue weighted by Gasteiger charge is 2.10. The Labute approximate surface area is 113 Å². The molecule has 0 aliphatic carbocycles. The first-order valence-electron chi connectivity index (χ1n) is 5.52. The molecule has 2 N–H and O–H groups in total. The molecule has 3 rings (SSSR count). The van der Waals surface area contributed by atoms with Crippen LogP contribution in [0, 0.1) is 6.92 Å². The Hall–Kier alpha value is -1.88. The lowest BCUT2D eigenvalue weighted by molar-refractivity contribution is 1.11. The fourth-order valence-corrected chi connectivity index (χ4v) is 2.32. The van der Waals surface area contributed by atoms with E-state index in [-0.39, 0.29) is 0 Å². The molecule has 0 saturated carbocycles. The summed E-state index contributed by atoms with van der Waals surface area (Å²) in [5.41, 5.74) is 9.47. The monoisotopic (exact) mass is 302 g/mol. The Morgan fingerprint density at radius 1 is 1.17 bits per heavy atom. The zero-order valence-electron chi connectivity index (χ0n) is 9.76. The van der Waals surface area contributed by atoms with Crippen molar-refractivity contribution in [2.75, 3.05) is 5.73 Å². The van der Waals surface area contributed by atoms with Crippen molar-refractivity contribution >= 4 is 27.3 Å². The summed E-state index contributed by atoms with van der Waals surface area (Å²) in [6, 6.07) is 9.66. The van der Waals surface area contributed by atoms with Crippen LogP contribution in [0.3, 0.4) is 0 Å². The highest BCUT2D eigenvalue weighted by Crippen LogP contribution is 2.25. The fraction of sp³-hybridized carbons (Fsp3) is 0.0769. The SMILES string of the molecule is Cc1cc(N)ccc1-c1nnc2ccc(Br)cn12. The van der Waals surface area contributed by atoms with Gasteiger partial charge < -0.3 is 5.73 Å². The zero-order valence-corrected chi connectivity index (χ0v) is 11.3. The van der Waals surface area contributed by atoms with E-state index in [4.69, 9.17) is 5.73 Å². The number of fused-ring (bicyclic) bond motifs is 1. The van der Waals surface area contributed by atoms with E-state index in [0.29, 0.717) is 0 Å². The van der Waals surface area contributed by atoms with Crippen molar-refractivity contribution in [3.8, 4) is 11.4 Å². The first kappa shape index (κ1) is 11.2. The van der Waals surface area contributed by atoms with Gasteiger partial charge in [-0.3, -0.25) is 4.40 Å². The van der Waals surface area contributed by atoms with Crippen molar-refractivity contribution < 1.29 is 0 Å². The number of nitrogen functional groups attached to an aromatic ring is 1. The van der Waals surface area contributed by atoms with Crippen LogP contribution in [0.5, 0.6) is 0 Å². The molecule has 0 aliphatic rings. The van der Waals surface area contributed by atoms with Gasteiger partial charge in [-0.1, -0.05) is 0 Å². The molecule has 0 aliphatic heterocycles. The molecular formula is C13H11BrN4. The van der Waals surface area contributed by atoms with Gasteiger partial charge in [-0.05, 0) is 58.7 Å². The van der Waals surface area contributed by atoms with Crippen LogP contribution < -0.4 is 5.73 Å². The molecule has 5 heteroatoms. The van der Waals surface area contributed by atoms with Crippen molar-refractivity contribution in [3.63, 3.8) is 0 Å². The molecule has 0 amide bonds. The molecule has 0 fully saturated rings. The molecule has 0 atom stereocenters. The highest BCUT2D eigenvalue weighted by atomic mass is 79.9. The Kier molecular flexibility index (Phi) is 2.56. The topological polar surface area (TPSA) is 56.2 Å². The van der Waals surface area contributed by atoms with Crippen LogP contribution in [0.2, 0.25) is 0 Å². The van der Waals surface area contributed by atoms with Crippen LogP contribution in [0.25, 0.3) is 17.0 Å². The molecule has 18 heavy (non-hydrogen) atoms. The Balaban J connectivity index is 2.28. The predicted molar refractivity (Wildman–Crippen MR) is 75.3 cm³/mol. The van der Waals surface area contributed by atoms with E-state index in [1.165, 1.54) is 0 Å². The van der Waals surface area contributed by atoms with Crippen LogP contribution in [-0.2, 0) is 0 Å². The second-order valence-corrected chi connectivity index (χ2v) is 5.09. The minimum Gasteiger partial charge on any atom is -0.399 e. The van der Waals surface area contributed by atoms with E-state index < -0.39 is 0 Å². The first-order valence-corrected chi connectivity index (χ1v) is 6.31. The molecule has 4 nitrogen and oxygen atoms in total. The van der Waals surface area contributed by atoms with Gasteiger partial charge in [-0.25, -0.2) is 0 Å². The van der Waals surface area contributed by atoms with Crippen LogP contribution in [0.15, 0.2) is 41.0 Å². The van der Waals surface area contributed by atoms with Crippen LogP contribution in [-0.4, -0.2) is 14.6 Å². The lowest BCUT2D eigenvalue weighted by Crippen LogP contribution is -1.93. The number of rotatable bonds is 1. The third-order valence-electron chi connectivity index (χ3n) is 2.86. The number of benzene rings is 1. The molecule has 2 aromatic heterocycles. The number of aryl methyl sites for hydroxylation is 1. The first-order chi connectivity index (χ1) is 8.65. The summed E-state index contributed by atoms with van der Waals surface area (Å²) in [5, 5.41) is 8.41. The predicted octanol–water partition coefficient (Wildman–Crippen LogP) is 3.05. The number of nitrogens with two attached hydrogens (primary N) is 1. The van der Waals surface area contributed by atoms with Crippen LogP contribution in [0.1, 0.15) is 5.56 Å². The van der Waals surface area contributed by atoms with Gasteiger partial charge in [0.05, 0.1) is 0 Å². The Morgan fingerprint density at radius 2 is 2.00 bits per heavy atom. The molecule has 0 unspecified atom stereocenters. The zero-order chi connectivity index (χ0) is 12.7. The summed E-state index contributed by atoms with van der Waals surface area (Å²) in [5.74, 6) is 0.823. The average molecular weight is 303 g/mol. The summed E-state index contributed by atoms with van der Waals surface area (Å²) < 4.78 is 2.95. The van der Waals surface area contributed by atoms with E-state index in [2.05, 4.69) is 26.1 Å². The van der Waals surface area contributed by atoms with Crippen molar-refractivity contribution in [2.45, 2.75) is 6.92 Å². The second kappa shape index (κ2) is 4.10. The average Bonchev–Trinajstić information content (AvgIpc) is 2.72. The molecule has 90 valence electrons. The Bertz CT molecular complexity index is 733. The lowest BCUT2D eigenvalue weighted by Gasteiger charge is -2.05.